The Labute approximate surface area is 157 Å². The van der Waals surface area contributed by atoms with Gasteiger partial charge in [0, 0.05) is 24.3 Å². The highest BCUT2D eigenvalue weighted by Crippen LogP contribution is 2.27. The van der Waals surface area contributed by atoms with Crippen molar-refractivity contribution in [3.63, 3.8) is 0 Å². The van der Waals surface area contributed by atoms with E-state index in [2.05, 4.69) is 28.6 Å². The molecule has 0 spiro atoms. The van der Waals surface area contributed by atoms with Gasteiger partial charge in [0.05, 0.1) is 0 Å². The lowest BCUT2D eigenvalue weighted by Crippen LogP contribution is -2.30. The first kappa shape index (κ1) is 20.6. The molecule has 2 aromatic rings. The van der Waals surface area contributed by atoms with E-state index in [-0.39, 0.29) is 10.9 Å². The van der Waals surface area contributed by atoms with E-state index in [0.717, 1.165) is 31.6 Å². The topological polar surface area (TPSA) is 67.2 Å². The molecule has 1 heterocycles. The smallest absolute Gasteiger partial charge is 0.244 e. The highest BCUT2D eigenvalue weighted by Gasteiger charge is 2.24. The number of nitrogens with zero attached hydrogens (tertiary/aromatic N) is 3. The summed E-state index contributed by atoms with van der Waals surface area (Å²) in [4.78, 5) is 2.51. The van der Waals surface area contributed by atoms with Gasteiger partial charge in [-0.1, -0.05) is 44.2 Å². The molecule has 0 saturated carbocycles. The zero-order valence-electron chi connectivity index (χ0n) is 16.1. The van der Waals surface area contributed by atoms with Gasteiger partial charge >= 0.3 is 0 Å². The second-order valence-electron chi connectivity index (χ2n) is 6.56. The van der Waals surface area contributed by atoms with E-state index in [4.69, 9.17) is 0 Å². The van der Waals surface area contributed by atoms with E-state index in [1.54, 1.807) is 10.9 Å². The van der Waals surface area contributed by atoms with Crippen LogP contribution in [0.1, 0.15) is 40.2 Å². The van der Waals surface area contributed by atoms with Gasteiger partial charge in [0.25, 0.3) is 0 Å². The Morgan fingerprint density at radius 3 is 2.38 bits per heavy atom. The van der Waals surface area contributed by atoms with Gasteiger partial charge in [0.15, 0.2) is 0 Å². The number of benzene rings is 1. The summed E-state index contributed by atoms with van der Waals surface area (Å²) in [5, 5.41) is 4.52. The lowest BCUT2D eigenvalue weighted by molar-refractivity contribution is 0.300. The van der Waals surface area contributed by atoms with Gasteiger partial charge in [-0.3, -0.25) is 4.68 Å². The van der Waals surface area contributed by atoms with E-state index in [1.165, 1.54) is 0 Å². The third-order valence-electron chi connectivity index (χ3n) is 4.40. The summed E-state index contributed by atoms with van der Waals surface area (Å²) in [6.07, 6.45) is 2.40. The fourth-order valence-corrected chi connectivity index (χ4v) is 3.99. The van der Waals surface area contributed by atoms with Crippen molar-refractivity contribution in [2.45, 2.75) is 45.1 Å². The molecule has 0 unspecified atom stereocenters. The molecule has 0 aliphatic carbocycles. The normalized spacial score (nSPS) is 12.2. The predicted octanol–water partition coefficient (Wildman–Crippen LogP) is 3.14. The lowest BCUT2D eigenvalue weighted by Gasteiger charge is -2.17. The van der Waals surface area contributed by atoms with Crippen LogP contribution in [-0.4, -0.2) is 49.3 Å². The molecule has 0 aliphatic rings. The standard InChI is InChI=1S/C19H30N4O2S/c1-5-22(6-2)14-10-13-20-26(24,25)18-15-23(16(3)4)21-19(18)17-11-8-7-9-12-17/h7-9,11-12,15-16,20H,5-6,10,13-14H2,1-4H3. The molecule has 1 N–H and O–H groups in total. The van der Waals surface area contributed by atoms with Crippen molar-refractivity contribution in [2.24, 2.45) is 0 Å². The summed E-state index contributed by atoms with van der Waals surface area (Å²) in [6.45, 7) is 11.4. The molecular formula is C19H30N4O2S. The molecule has 6 nitrogen and oxygen atoms in total. The molecule has 144 valence electrons. The van der Waals surface area contributed by atoms with Crippen LogP contribution in [0.3, 0.4) is 0 Å². The zero-order valence-corrected chi connectivity index (χ0v) is 17.0. The third-order valence-corrected chi connectivity index (χ3v) is 5.86. The summed E-state index contributed by atoms with van der Waals surface area (Å²) in [7, 11) is -3.62. The number of aromatic nitrogens is 2. The third kappa shape index (κ3) is 5.16. The Bertz CT molecular complexity index is 781. The van der Waals surface area contributed by atoms with E-state index in [1.807, 2.05) is 44.2 Å². The molecule has 0 radical (unpaired) electrons. The summed E-state index contributed by atoms with van der Waals surface area (Å²) in [5.74, 6) is 0. The number of hydrogen-bond acceptors (Lipinski definition) is 4. The van der Waals surface area contributed by atoms with Gasteiger partial charge in [-0.15, -0.1) is 0 Å². The van der Waals surface area contributed by atoms with Gasteiger partial charge < -0.3 is 4.90 Å². The van der Waals surface area contributed by atoms with Crippen molar-refractivity contribution in [1.82, 2.24) is 19.4 Å². The molecule has 0 fully saturated rings. The number of sulfonamides is 1. The van der Waals surface area contributed by atoms with Crippen molar-refractivity contribution < 1.29 is 8.42 Å². The van der Waals surface area contributed by atoms with Crippen LogP contribution in [0.25, 0.3) is 11.3 Å². The fourth-order valence-electron chi connectivity index (χ4n) is 2.76. The first-order valence-electron chi connectivity index (χ1n) is 9.25. The highest BCUT2D eigenvalue weighted by molar-refractivity contribution is 7.89. The second-order valence-corrected chi connectivity index (χ2v) is 8.30. The molecule has 7 heteroatoms. The fraction of sp³-hybridized carbons (Fsp3) is 0.526. The molecule has 0 amide bonds. The Balaban J connectivity index is 2.20. The van der Waals surface area contributed by atoms with E-state index < -0.39 is 10.0 Å². The largest absolute Gasteiger partial charge is 0.304 e. The molecule has 26 heavy (non-hydrogen) atoms. The zero-order chi connectivity index (χ0) is 19.2. The summed E-state index contributed by atoms with van der Waals surface area (Å²) >= 11 is 0. The van der Waals surface area contributed by atoms with Crippen LogP contribution in [0.4, 0.5) is 0 Å². The van der Waals surface area contributed by atoms with Crippen LogP contribution in [0.15, 0.2) is 41.4 Å². The van der Waals surface area contributed by atoms with Crippen molar-refractivity contribution in [3.8, 4) is 11.3 Å². The van der Waals surface area contributed by atoms with Gasteiger partial charge in [0.1, 0.15) is 10.6 Å². The Morgan fingerprint density at radius 2 is 1.81 bits per heavy atom. The molecule has 1 aromatic carbocycles. The van der Waals surface area contributed by atoms with Gasteiger partial charge in [-0.05, 0) is 39.9 Å². The van der Waals surface area contributed by atoms with Crippen LogP contribution >= 0.6 is 0 Å². The predicted molar refractivity (Wildman–Crippen MR) is 106 cm³/mol. The van der Waals surface area contributed by atoms with Gasteiger partial charge in [0.2, 0.25) is 10.0 Å². The monoisotopic (exact) mass is 378 g/mol. The highest BCUT2D eigenvalue weighted by atomic mass is 32.2. The van der Waals surface area contributed by atoms with E-state index in [9.17, 15) is 8.42 Å². The maximum Gasteiger partial charge on any atom is 0.244 e. The maximum atomic E-state index is 12.9. The van der Waals surface area contributed by atoms with Crippen molar-refractivity contribution in [3.05, 3.63) is 36.5 Å². The molecule has 2 rings (SSSR count). The van der Waals surface area contributed by atoms with Crippen LogP contribution in [0.2, 0.25) is 0 Å². The summed E-state index contributed by atoms with van der Waals surface area (Å²) < 4.78 is 30.2. The Kier molecular flexibility index (Phi) is 7.37. The second kappa shape index (κ2) is 9.30. The minimum absolute atomic E-state index is 0.0871. The summed E-state index contributed by atoms with van der Waals surface area (Å²) in [5.41, 5.74) is 1.30. The number of rotatable bonds is 10. The summed E-state index contributed by atoms with van der Waals surface area (Å²) in [6, 6.07) is 9.53. The Morgan fingerprint density at radius 1 is 1.15 bits per heavy atom. The molecule has 0 atom stereocenters. The first-order valence-corrected chi connectivity index (χ1v) is 10.7. The molecule has 0 aliphatic heterocycles. The van der Waals surface area contributed by atoms with Crippen molar-refractivity contribution in [1.29, 1.82) is 0 Å². The van der Waals surface area contributed by atoms with E-state index >= 15 is 0 Å². The van der Waals surface area contributed by atoms with Crippen molar-refractivity contribution in [2.75, 3.05) is 26.2 Å². The van der Waals surface area contributed by atoms with Crippen LogP contribution in [0.5, 0.6) is 0 Å². The number of hydrogen-bond donors (Lipinski definition) is 1. The lowest BCUT2D eigenvalue weighted by atomic mass is 10.2. The number of nitrogens with one attached hydrogen (secondary N) is 1. The first-order chi connectivity index (χ1) is 12.4. The molecule has 0 bridgehead atoms. The Hall–Kier alpha value is -1.70. The maximum absolute atomic E-state index is 12.9. The van der Waals surface area contributed by atoms with E-state index in [0.29, 0.717) is 12.2 Å². The minimum atomic E-state index is -3.62. The average molecular weight is 379 g/mol. The minimum Gasteiger partial charge on any atom is -0.304 e. The van der Waals surface area contributed by atoms with Crippen LogP contribution in [-0.2, 0) is 10.0 Å². The van der Waals surface area contributed by atoms with Gasteiger partial charge in [-0.2, -0.15) is 5.10 Å². The van der Waals surface area contributed by atoms with Crippen LogP contribution in [0, 0.1) is 0 Å². The SMILES string of the molecule is CCN(CC)CCCNS(=O)(=O)c1cn(C(C)C)nc1-c1ccccc1. The molecule has 0 saturated heterocycles. The molecular weight excluding hydrogens is 348 g/mol. The van der Waals surface area contributed by atoms with Crippen LogP contribution < -0.4 is 4.72 Å². The van der Waals surface area contributed by atoms with Gasteiger partial charge in [-0.25, -0.2) is 13.1 Å². The quantitative estimate of drug-likeness (QED) is 0.645. The average Bonchev–Trinajstić information content (AvgIpc) is 3.09. The van der Waals surface area contributed by atoms with Crippen molar-refractivity contribution >= 4 is 10.0 Å². The molecule has 1 aromatic heterocycles.